The molecule has 1 aliphatic rings. The lowest BCUT2D eigenvalue weighted by atomic mass is 9.65. The van der Waals surface area contributed by atoms with Crippen LogP contribution in [0.4, 0.5) is 0 Å². The highest BCUT2D eigenvalue weighted by Crippen LogP contribution is 2.01. The predicted molar refractivity (Wildman–Crippen MR) is 44.7 cm³/mol. The topological polar surface area (TPSA) is 0 Å². The Hall–Kier alpha value is -0.975. The minimum Gasteiger partial charge on any atom is -0.120 e. The summed E-state index contributed by atoms with van der Waals surface area (Å²) in [6.07, 6.45) is 3.27. The van der Waals surface area contributed by atoms with Gasteiger partial charge in [-0.3, -0.25) is 0 Å². The third kappa shape index (κ3) is 0.880. The number of hydrogen-bond donors (Lipinski definition) is 0. The Bertz CT molecular complexity index is 236. The van der Waals surface area contributed by atoms with Gasteiger partial charge in [-0.25, -0.2) is 0 Å². The van der Waals surface area contributed by atoms with E-state index in [0.29, 0.717) is 0 Å². The summed E-state index contributed by atoms with van der Waals surface area (Å²) in [6.45, 7) is 0. The largest absolute Gasteiger partial charge is 0.181 e. The summed E-state index contributed by atoms with van der Waals surface area (Å²) in [5, 5.41) is 0. The smallest absolute Gasteiger partial charge is 0.120 e. The van der Waals surface area contributed by atoms with Crippen LogP contribution >= 0.6 is 0 Å². The first-order chi connectivity index (χ1) is 4.97. The summed E-state index contributed by atoms with van der Waals surface area (Å²) < 4.78 is 0. The fourth-order valence-corrected chi connectivity index (χ4v) is 1.25. The number of fused-ring (bicyclic) bond motifs is 1. The second kappa shape index (κ2) is 2.33. The van der Waals surface area contributed by atoms with E-state index in [0.717, 1.165) is 6.42 Å². The van der Waals surface area contributed by atoms with Crippen molar-refractivity contribution in [3.63, 3.8) is 0 Å². The molecule has 0 amide bonds. The van der Waals surface area contributed by atoms with Crippen LogP contribution in [0.25, 0.3) is 0 Å². The maximum absolute atomic E-state index is 2.18. The molecule has 0 aromatic heterocycles. The average Bonchev–Trinajstić information content (AvgIpc) is 2.05. The van der Waals surface area contributed by atoms with Gasteiger partial charge in [0.25, 0.3) is 0 Å². The third-order valence-electron chi connectivity index (χ3n) is 1.80. The van der Waals surface area contributed by atoms with E-state index in [1.54, 1.807) is 0 Å². The fraction of sp³-hybridized carbons (Fsp3) is 0.111. The molecule has 1 aromatic rings. The zero-order valence-corrected chi connectivity index (χ0v) is 5.75. The Morgan fingerprint density at radius 2 is 2.10 bits per heavy atom. The molecule has 2 rings (SSSR count). The minimum absolute atomic E-state index is 1.09. The van der Waals surface area contributed by atoms with Crippen LogP contribution in [0.5, 0.6) is 0 Å². The number of allylic oxidation sites excluding steroid dienone is 1. The van der Waals surface area contributed by atoms with Crippen LogP contribution in [0.3, 0.4) is 0 Å². The van der Waals surface area contributed by atoms with E-state index < -0.39 is 0 Å². The first-order valence-electron chi connectivity index (χ1n) is 3.54. The summed E-state index contributed by atoms with van der Waals surface area (Å²) in [5.41, 5.74) is 2.80. The maximum Gasteiger partial charge on any atom is 0.181 e. The lowest BCUT2D eigenvalue weighted by Crippen LogP contribution is -2.20. The van der Waals surface area contributed by atoms with Gasteiger partial charge in [-0.2, -0.15) is 0 Å². The molecule has 0 saturated carbocycles. The molecule has 10 heavy (non-hydrogen) atoms. The standard InChI is InChI=1S/C9H8B/c1-2-6-9-8(4-1)5-3-7-10-9/h1-4,6-7H,5H2. The second-order valence-corrected chi connectivity index (χ2v) is 2.50. The molecule has 0 saturated heterocycles. The first kappa shape index (κ1) is 5.78. The second-order valence-electron chi connectivity index (χ2n) is 2.50. The summed E-state index contributed by atoms with van der Waals surface area (Å²) in [6, 6.07) is 8.49. The van der Waals surface area contributed by atoms with Gasteiger partial charge in [0, 0.05) is 0 Å². The predicted octanol–water partition coefficient (Wildman–Crippen LogP) is 1.09. The monoisotopic (exact) mass is 127 g/mol. The van der Waals surface area contributed by atoms with E-state index in [4.69, 9.17) is 0 Å². The van der Waals surface area contributed by atoms with Crippen LogP contribution < -0.4 is 5.46 Å². The van der Waals surface area contributed by atoms with Gasteiger partial charge < -0.3 is 0 Å². The highest BCUT2D eigenvalue weighted by atomic mass is 14.0. The van der Waals surface area contributed by atoms with E-state index in [-0.39, 0.29) is 0 Å². The van der Waals surface area contributed by atoms with Crippen LogP contribution in [0.15, 0.2) is 36.3 Å². The van der Waals surface area contributed by atoms with E-state index in [1.165, 1.54) is 11.0 Å². The molecular formula is C9H8B. The van der Waals surface area contributed by atoms with E-state index in [1.807, 2.05) is 0 Å². The van der Waals surface area contributed by atoms with Crippen molar-refractivity contribution in [2.24, 2.45) is 0 Å². The van der Waals surface area contributed by atoms with Crippen molar-refractivity contribution in [1.29, 1.82) is 0 Å². The number of benzene rings is 1. The Kier molecular flexibility index (Phi) is 1.35. The zero-order valence-electron chi connectivity index (χ0n) is 5.75. The fourth-order valence-electron chi connectivity index (χ4n) is 1.25. The van der Waals surface area contributed by atoms with Crippen molar-refractivity contribution in [2.45, 2.75) is 6.42 Å². The van der Waals surface area contributed by atoms with Crippen molar-refractivity contribution >= 4 is 12.7 Å². The summed E-state index contributed by atoms with van der Waals surface area (Å²) in [4.78, 5) is 0. The van der Waals surface area contributed by atoms with Crippen LogP contribution in [-0.4, -0.2) is 7.28 Å². The third-order valence-corrected chi connectivity index (χ3v) is 1.80. The Morgan fingerprint density at radius 1 is 1.20 bits per heavy atom. The summed E-state index contributed by atoms with van der Waals surface area (Å²) in [7, 11) is 2.15. The van der Waals surface area contributed by atoms with Gasteiger partial charge in [-0.15, -0.1) is 5.98 Å². The SMILES string of the molecule is [B]1C=CCc2ccccc21. The van der Waals surface area contributed by atoms with Gasteiger partial charge in [-0.1, -0.05) is 41.4 Å². The van der Waals surface area contributed by atoms with E-state index >= 15 is 0 Å². The summed E-state index contributed by atoms with van der Waals surface area (Å²) >= 11 is 0. The highest BCUT2D eigenvalue weighted by molar-refractivity contribution is 6.59. The summed E-state index contributed by atoms with van der Waals surface area (Å²) in [5.74, 6) is 2.11. The van der Waals surface area contributed by atoms with Gasteiger partial charge in [-0.05, 0) is 6.42 Å². The van der Waals surface area contributed by atoms with Crippen molar-refractivity contribution in [1.82, 2.24) is 0 Å². The van der Waals surface area contributed by atoms with E-state index in [2.05, 4.69) is 43.6 Å². The number of rotatable bonds is 0. The molecule has 0 atom stereocenters. The van der Waals surface area contributed by atoms with Crippen LogP contribution in [0.2, 0.25) is 0 Å². The Labute approximate surface area is 61.8 Å². The zero-order chi connectivity index (χ0) is 6.81. The minimum atomic E-state index is 1.09. The molecule has 1 aromatic carbocycles. The molecule has 1 heterocycles. The Balaban J connectivity index is 2.47. The molecule has 0 bridgehead atoms. The first-order valence-corrected chi connectivity index (χ1v) is 3.54. The molecule has 0 nitrogen and oxygen atoms in total. The van der Waals surface area contributed by atoms with Crippen molar-refractivity contribution in [3.05, 3.63) is 41.9 Å². The van der Waals surface area contributed by atoms with Gasteiger partial charge >= 0.3 is 0 Å². The van der Waals surface area contributed by atoms with Crippen LogP contribution in [-0.2, 0) is 6.42 Å². The van der Waals surface area contributed by atoms with Gasteiger partial charge in [0.15, 0.2) is 7.28 Å². The Morgan fingerprint density at radius 3 is 3.00 bits per heavy atom. The molecule has 1 radical (unpaired) electrons. The maximum atomic E-state index is 2.18. The van der Waals surface area contributed by atoms with Crippen LogP contribution in [0, 0.1) is 0 Å². The molecule has 1 aliphatic heterocycles. The quantitative estimate of drug-likeness (QED) is 0.457. The van der Waals surface area contributed by atoms with E-state index in [9.17, 15) is 0 Å². The normalized spacial score (nSPS) is 14.0. The van der Waals surface area contributed by atoms with Crippen molar-refractivity contribution < 1.29 is 0 Å². The van der Waals surface area contributed by atoms with Gasteiger partial charge in [0.05, 0.1) is 0 Å². The molecule has 0 fully saturated rings. The molecule has 0 N–H and O–H groups in total. The van der Waals surface area contributed by atoms with Crippen molar-refractivity contribution in [2.75, 3.05) is 0 Å². The molecular weight excluding hydrogens is 119 g/mol. The molecule has 1 heteroatoms. The number of hydrogen-bond acceptors (Lipinski definition) is 0. The lowest BCUT2D eigenvalue weighted by Gasteiger charge is -2.07. The molecule has 0 unspecified atom stereocenters. The molecule has 0 aliphatic carbocycles. The van der Waals surface area contributed by atoms with Crippen LogP contribution in [0.1, 0.15) is 5.56 Å². The molecule has 47 valence electrons. The van der Waals surface area contributed by atoms with Gasteiger partial charge in [0.1, 0.15) is 0 Å². The molecule has 0 spiro atoms. The van der Waals surface area contributed by atoms with Crippen molar-refractivity contribution in [3.8, 4) is 0 Å². The average molecular weight is 127 g/mol. The van der Waals surface area contributed by atoms with Gasteiger partial charge in [0.2, 0.25) is 0 Å². The lowest BCUT2D eigenvalue weighted by molar-refractivity contribution is 1.29. The highest BCUT2D eigenvalue weighted by Gasteiger charge is 2.02.